The number of nitrogen functional groups attached to an aromatic ring is 2. The molecular formula is C15H17N3O2. The van der Waals surface area contributed by atoms with Gasteiger partial charge in [-0.3, -0.25) is 4.79 Å². The molecule has 0 spiro atoms. The number of phenols is 1. The van der Waals surface area contributed by atoms with Crippen molar-refractivity contribution in [3.63, 3.8) is 0 Å². The van der Waals surface area contributed by atoms with Crippen LogP contribution in [0, 0.1) is 0 Å². The molecule has 0 saturated heterocycles. The van der Waals surface area contributed by atoms with Crippen LogP contribution in [0.4, 0.5) is 17.1 Å². The molecular weight excluding hydrogens is 254 g/mol. The van der Waals surface area contributed by atoms with Gasteiger partial charge in [-0.15, -0.1) is 0 Å². The van der Waals surface area contributed by atoms with E-state index in [1.807, 2.05) is 6.92 Å². The number of nitrogens with two attached hydrogens (primary N) is 2. The maximum atomic E-state index is 12.5. The Balaban J connectivity index is 2.38. The van der Waals surface area contributed by atoms with Crippen LogP contribution in [0.5, 0.6) is 5.75 Å². The van der Waals surface area contributed by atoms with Crippen molar-refractivity contribution in [3.8, 4) is 5.75 Å². The van der Waals surface area contributed by atoms with Crippen molar-refractivity contribution in [1.82, 2.24) is 0 Å². The van der Waals surface area contributed by atoms with Gasteiger partial charge in [0.2, 0.25) is 0 Å². The number of carbonyl (C=O) groups excluding carboxylic acids is 1. The summed E-state index contributed by atoms with van der Waals surface area (Å²) in [4.78, 5) is 14.1. The maximum Gasteiger partial charge on any atom is 0.258 e. The fourth-order valence-corrected chi connectivity index (χ4v) is 2.06. The summed E-state index contributed by atoms with van der Waals surface area (Å²) >= 11 is 0. The van der Waals surface area contributed by atoms with Crippen LogP contribution in [-0.2, 0) is 0 Å². The zero-order valence-electron chi connectivity index (χ0n) is 11.2. The van der Waals surface area contributed by atoms with Crippen LogP contribution >= 0.6 is 0 Å². The van der Waals surface area contributed by atoms with Crippen LogP contribution < -0.4 is 16.4 Å². The molecule has 0 aliphatic carbocycles. The SMILES string of the molecule is CCN(C(=O)c1cc(N)cc(N)c1)c1cccc(O)c1. The van der Waals surface area contributed by atoms with Crippen molar-refractivity contribution in [2.24, 2.45) is 0 Å². The number of hydrogen-bond acceptors (Lipinski definition) is 4. The molecule has 0 aromatic heterocycles. The Hall–Kier alpha value is -2.69. The van der Waals surface area contributed by atoms with E-state index in [-0.39, 0.29) is 11.7 Å². The number of aromatic hydroxyl groups is 1. The summed E-state index contributed by atoms with van der Waals surface area (Å²) in [6.45, 7) is 2.33. The summed E-state index contributed by atoms with van der Waals surface area (Å²) in [6.07, 6.45) is 0. The molecule has 5 N–H and O–H groups in total. The lowest BCUT2D eigenvalue weighted by Crippen LogP contribution is -2.30. The Morgan fingerprint density at radius 3 is 2.35 bits per heavy atom. The fraction of sp³-hybridized carbons (Fsp3) is 0.133. The van der Waals surface area contributed by atoms with Gasteiger partial charge in [-0.05, 0) is 37.3 Å². The molecule has 2 aromatic carbocycles. The molecule has 104 valence electrons. The summed E-state index contributed by atoms with van der Waals surface area (Å²) in [5.74, 6) is -0.0991. The van der Waals surface area contributed by atoms with Crippen LogP contribution in [0.15, 0.2) is 42.5 Å². The van der Waals surface area contributed by atoms with Crippen molar-refractivity contribution >= 4 is 23.0 Å². The van der Waals surface area contributed by atoms with Crippen LogP contribution in [0.2, 0.25) is 0 Å². The van der Waals surface area contributed by atoms with Crippen LogP contribution in [0.3, 0.4) is 0 Å². The van der Waals surface area contributed by atoms with Gasteiger partial charge in [-0.2, -0.15) is 0 Å². The maximum absolute atomic E-state index is 12.5. The highest BCUT2D eigenvalue weighted by Crippen LogP contribution is 2.23. The topological polar surface area (TPSA) is 92.6 Å². The Kier molecular flexibility index (Phi) is 3.79. The summed E-state index contributed by atoms with van der Waals surface area (Å²) in [5.41, 5.74) is 13.4. The monoisotopic (exact) mass is 271 g/mol. The molecule has 0 saturated carbocycles. The normalized spacial score (nSPS) is 10.2. The first-order valence-electron chi connectivity index (χ1n) is 6.28. The molecule has 0 atom stereocenters. The smallest absolute Gasteiger partial charge is 0.258 e. The average Bonchev–Trinajstić information content (AvgIpc) is 2.38. The number of benzene rings is 2. The Morgan fingerprint density at radius 2 is 1.80 bits per heavy atom. The third-order valence-corrected chi connectivity index (χ3v) is 2.93. The minimum absolute atomic E-state index is 0.112. The van der Waals surface area contributed by atoms with Gasteiger partial charge in [0.15, 0.2) is 0 Å². The average molecular weight is 271 g/mol. The second-order valence-corrected chi connectivity index (χ2v) is 4.46. The number of anilines is 3. The van der Waals surface area contributed by atoms with Crippen LogP contribution in [0.25, 0.3) is 0 Å². The van der Waals surface area contributed by atoms with Crippen molar-refractivity contribution in [1.29, 1.82) is 0 Å². The van der Waals surface area contributed by atoms with Crippen LogP contribution in [0.1, 0.15) is 17.3 Å². The Labute approximate surface area is 117 Å². The first-order valence-corrected chi connectivity index (χ1v) is 6.28. The summed E-state index contributed by atoms with van der Waals surface area (Å²) in [7, 11) is 0. The van der Waals surface area contributed by atoms with Gasteiger partial charge in [-0.25, -0.2) is 0 Å². The minimum atomic E-state index is -0.211. The van der Waals surface area contributed by atoms with E-state index in [4.69, 9.17) is 11.5 Å². The van der Waals surface area contributed by atoms with E-state index < -0.39 is 0 Å². The molecule has 0 aliphatic rings. The number of phenolic OH excluding ortho intramolecular Hbond substituents is 1. The fourth-order valence-electron chi connectivity index (χ4n) is 2.06. The molecule has 1 amide bonds. The van der Waals surface area contributed by atoms with Gasteiger partial charge in [0, 0.05) is 35.2 Å². The molecule has 5 heteroatoms. The molecule has 0 heterocycles. The third-order valence-electron chi connectivity index (χ3n) is 2.93. The predicted molar refractivity (Wildman–Crippen MR) is 80.7 cm³/mol. The standard InChI is InChI=1S/C15H17N3O2/c1-2-18(13-4-3-5-14(19)9-13)15(20)10-6-11(16)8-12(17)7-10/h3-9,19H,2,16-17H2,1H3. The summed E-state index contributed by atoms with van der Waals surface area (Å²) < 4.78 is 0. The zero-order valence-corrected chi connectivity index (χ0v) is 11.2. The Bertz CT molecular complexity index is 621. The first-order chi connectivity index (χ1) is 9.51. The highest BCUT2D eigenvalue weighted by atomic mass is 16.3. The van der Waals surface area contributed by atoms with Crippen molar-refractivity contribution in [2.75, 3.05) is 22.9 Å². The minimum Gasteiger partial charge on any atom is -0.508 e. The van der Waals surface area contributed by atoms with E-state index >= 15 is 0 Å². The number of hydrogen-bond donors (Lipinski definition) is 3. The molecule has 20 heavy (non-hydrogen) atoms. The van der Waals surface area contributed by atoms with E-state index in [1.54, 1.807) is 41.3 Å². The molecule has 0 bridgehead atoms. The quantitative estimate of drug-likeness (QED) is 0.746. The van der Waals surface area contributed by atoms with Crippen LogP contribution in [-0.4, -0.2) is 17.6 Å². The second kappa shape index (κ2) is 5.52. The summed E-state index contributed by atoms with van der Waals surface area (Å²) in [5, 5.41) is 9.52. The van der Waals surface area contributed by atoms with Gasteiger partial charge in [-0.1, -0.05) is 6.07 Å². The van der Waals surface area contributed by atoms with E-state index in [2.05, 4.69) is 0 Å². The lowest BCUT2D eigenvalue weighted by Gasteiger charge is -2.21. The summed E-state index contributed by atoms with van der Waals surface area (Å²) in [6, 6.07) is 11.3. The molecule has 2 rings (SSSR count). The number of carbonyl (C=O) groups is 1. The number of nitrogens with zero attached hydrogens (tertiary/aromatic N) is 1. The van der Waals surface area contributed by atoms with Gasteiger partial charge in [0.05, 0.1) is 0 Å². The van der Waals surface area contributed by atoms with Gasteiger partial charge >= 0.3 is 0 Å². The van der Waals surface area contributed by atoms with Crippen molar-refractivity contribution < 1.29 is 9.90 Å². The van der Waals surface area contributed by atoms with Crippen molar-refractivity contribution in [2.45, 2.75) is 6.92 Å². The van der Waals surface area contributed by atoms with Gasteiger partial charge in [0.25, 0.3) is 5.91 Å². The largest absolute Gasteiger partial charge is 0.508 e. The van der Waals surface area contributed by atoms with Crippen molar-refractivity contribution in [3.05, 3.63) is 48.0 Å². The van der Waals surface area contributed by atoms with E-state index in [0.717, 1.165) is 0 Å². The predicted octanol–water partition coefficient (Wildman–Crippen LogP) is 2.22. The van der Waals surface area contributed by atoms with Gasteiger partial charge in [0.1, 0.15) is 5.75 Å². The molecule has 5 nitrogen and oxygen atoms in total. The van der Waals surface area contributed by atoms with E-state index in [0.29, 0.717) is 29.2 Å². The Morgan fingerprint density at radius 1 is 1.15 bits per heavy atom. The highest BCUT2D eigenvalue weighted by molar-refractivity contribution is 6.07. The van der Waals surface area contributed by atoms with Gasteiger partial charge < -0.3 is 21.5 Å². The molecule has 0 radical (unpaired) electrons. The molecule has 0 unspecified atom stereocenters. The molecule has 2 aromatic rings. The molecule has 0 aliphatic heterocycles. The third kappa shape index (κ3) is 2.83. The second-order valence-electron chi connectivity index (χ2n) is 4.46. The van der Waals surface area contributed by atoms with E-state index in [1.165, 1.54) is 6.07 Å². The lowest BCUT2D eigenvalue weighted by molar-refractivity contribution is 0.0988. The van der Waals surface area contributed by atoms with E-state index in [9.17, 15) is 9.90 Å². The first kappa shape index (κ1) is 13.7. The highest BCUT2D eigenvalue weighted by Gasteiger charge is 2.17. The number of amides is 1. The zero-order chi connectivity index (χ0) is 14.7. The lowest BCUT2D eigenvalue weighted by atomic mass is 10.1. The molecule has 0 fully saturated rings. The number of rotatable bonds is 3.